The Bertz CT molecular complexity index is 1030. The van der Waals surface area contributed by atoms with Crippen molar-refractivity contribution < 1.29 is 23.1 Å². The van der Waals surface area contributed by atoms with Crippen molar-refractivity contribution in [2.45, 2.75) is 39.3 Å². The van der Waals surface area contributed by atoms with Gasteiger partial charge in [-0.3, -0.25) is 4.79 Å². The molecule has 0 radical (unpaired) electrons. The number of benzene rings is 1. The molecule has 4 rings (SSSR count). The highest BCUT2D eigenvalue weighted by molar-refractivity contribution is 5.80. The lowest BCUT2D eigenvalue weighted by atomic mass is 10.2. The summed E-state index contributed by atoms with van der Waals surface area (Å²) in [5.74, 6) is 1.42. The van der Waals surface area contributed by atoms with E-state index in [-0.39, 0.29) is 18.6 Å². The Kier molecular flexibility index (Phi) is 5.38. The number of pyridine rings is 1. The molecule has 2 heterocycles. The molecular formula is C22H23FN2O4. The predicted octanol–water partition coefficient (Wildman–Crippen LogP) is 4.53. The molecule has 1 aromatic carbocycles. The molecule has 2 aromatic heterocycles. The lowest BCUT2D eigenvalue weighted by molar-refractivity contribution is -0.119. The third-order valence-electron chi connectivity index (χ3n) is 4.81. The van der Waals surface area contributed by atoms with Crippen LogP contribution in [0.15, 0.2) is 40.8 Å². The second-order valence-corrected chi connectivity index (χ2v) is 7.41. The van der Waals surface area contributed by atoms with Gasteiger partial charge in [-0.05, 0) is 56.0 Å². The number of fused-ring (bicyclic) bond motifs is 1. The minimum atomic E-state index is -0.589. The molecule has 1 atom stereocenters. The Hall–Kier alpha value is -3.09. The van der Waals surface area contributed by atoms with E-state index in [0.717, 1.165) is 5.39 Å². The average Bonchev–Trinajstić information content (AvgIpc) is 3.41. The zero-order chi connectivity index (χ0) is 20.4. The topological polar surface area (TPSA) is 73.6 Å². The van der Waals surface area contributed by atoms with Crippen LogP contribution in [0, 0.1) is 11.9 Å². The van der Waals surface area contributed by atoms with Gasteiger partial charge >= 0.3 is 0 Å². The van der Waals surface area contributed by atoms with E-state index in [1.807, 2.05) is 19.1 Å². The van der Waals surface area contributed by atoms with Crippen LogP contribution in [0.2, 0.25) is 0 Å². The fourth-order valence-electron chi connectivity index (χ4n) is 3.00. The summed E-state index contributed by atoms with van der Waals surface area (Å²) in [6.45, 7) is 3.96. The molecule has 0 spiro atoms. The number of hydrogen-bond donors (Lipinski definition) is 1. The van der Waals surface area contributed by atoms with Crippen LogP contribution in [-0.2, 0) is 11.4 Å². The smallest absolute Gasteiger partial charge is 0.222 e. The number of nitrogens with one attached hydrogen (secondary N) is 1. The Morgan fingerprint density at radius 1 is 1.28 bits per heavy atom. The zero-order valence-electron chi connectivity index (χ0n) is 16.4. The summed E-state index contributed by atoms with van der Waals surface area (Å²) < 4.78 is 31.2. The maximum absolute atomic E-state index is 14.2. The van der Waals surface area contributed by atoms with Crippen molar-refractivity contribution in [1.82, 2.24) is 10.3 Å². The first-order valence-electron chi connectivity index (χ1n) is 9.69. The predicted molar refractivity (Wildman–Crippen MR) is 105 cm³/mol. The summed E-state index contributed by atoms with van der Waals surface area (Å²) in [5.41, 5.74) is 1.05. The standard InChI is InChI=1S/C22H23FN2O4/c1-13(24-14(2)26)20-10-17-9-18(6-7-19(17)29-20)27-12-16-5-8-21(25-22(16)23)28-11-15-3-4-15/h5-10,13,15H,3-4,11-12H2,1-2H3,(H,24,26). The second-order valence-electron chi connectivity index (χ2n) is 7.41. The molecule has 0 bridgehead atoms. The summed E-state index contributed by atoms with van der Waals surface area (Å²) in [7, 11) is 0. The summed E-state index contributed by atoms with van der Waals surface area (Å²) in [5, 5.41) is 3.63. The number of ether oxygens (including phenoxy) is 2. The first-order valence-corrected chi connectivity index (χ1v) is 9.69. The van der Waals surface area contributed by atoms with Gasteiger partial charge in [0.15, 0.2) is 0 Å². The van der Waals surface area contributed by atoms with E-state index in [9.17, 15) is 9.18 Å². The quantitative estimate of drug-likeness (QED) is 0.564. The maximum Gasteiger partial charge on any atom is 0.222 e. The summed E-state index contributed by atoms with van der Waals surface area (Å²) in [4.78, 5) is 15.1. The number of amides is 1. The Morgan fingerprint density at radius 2 is 2.10 bits per heavy atom. The van der Waals surface area contributed by atoms with Crippen LogP contribution in [0.25, 0.3) is 11.0 Å². The molecule has 152 valence electrons. The SMILES string of the molecule is CC(=O)NC(C)c1cc2cc(OCc3ccc(OCC4CC4)nc3F)ccc2o1. The molecule has 1 N–H and O–H groups in total. The molecule has 1 unspecified atom stereocenters. The Labute approximate surface area is 168 Å². The number of furan rings is 1. The third kappa shape index (κ3) is 4.85. The van der Waals surface area contributed by atoms with E-state index >= 15 is 0 Å². The first-order chi connectivity index (χ1) is 14.0. The molecule has 1 saturated carbocycles. The summed E-state index contributed by atoms with van der Waals surface area (Å²) in [6, 6.07) is 10.3. The van der Waals surface area contributed by atoms with Crippen molar-refractivity contribution in [3.05, 3.63) is 53.7 Å². The van der Waals surface area contributed by atoms with Gasteiger partial charge < -0.3 is 19.2 Å². The van der Waals surface area contributed by atoms with E-state index in [1.165, 1.54) is 19.8 Å². The lowest BCUT2D eigenvalue weighted by Gasteiger charge is -2.09. The molecule has 0 aliphatic heterocycles. The van der Waals surface area contributed by atoms with Crippen molar-refractivity contribution in [3.63, 3.8) is 0 Å². The number of carbonyl (C=O) groups is 1. The van der Waals surface area contributed by atoms with Gasteiger partial charge in [0.05, 0.1) is 12.6 Å². The lowest BCUT2D eigenvalue weighted by Crippen LogP contribution is -2.23. The second kappa shape index (κ2) is 8.11. The first kappa shape index (κ1) is 19.2. The molecule has 1 fully saturated rings. The summed E-state index contributed by atoms with van der Waals surface area (Å²) in [6.07, 6.45) is 2.34. The highest BCUT2D eigenvalue weighted by Crippen LogP contribution is 2.30. The van der Waals surface area contributed by atoms with Crippen LogP contribution in [0.1, 0.15) is 44.1 Å². The molecule has 6 nitrogen and oxygen atoms in total. The van der Waals surface area contributed by atoms with Gasteiger partial charge in [-0.25, -0.2) is 0 Å². The maximum atomic E-state index is 14.2. The van der Waals surface area contributed by atoms with E-state index in [1.54, 1.807) is 24.3 Å². The van der Waals surface area contributed by atoms with E-state index < -0.39 is 5.95 Å². The minimum absolute atomic E-state index is 0.0558. The van der Waals surface area contributed by atoms with Crippen molar-refractivity contribution in [2.75, 3.05) is 6.61 Å². The normalized spacial score (nSPS) is 14.6. The van der Waals surface area contributed by atoms with Gasteiger partial charge in [0.1, 0.15) is 23.7 Å². The van der Waals surface area contributed by atoms with Gasteiger partial charge in [0, 0.05) is 23.9 Å². The number of rotatable bonds is 8. The Morgan fingerprint density at radius 3 is 2.83 bits per heavy atom. The van der Waals surface area contributed by atoms with Crippen LogP contribution in [-0.4, -0.2) is 17.5 Å². The molecule has 1 aliphatic rings. The van der Waals surface area contributed by atoms with E-state index in [0.29, 0.717) is 41.1 Å². The number of carbonyl (C=O) groups excluding carboxylic acids is 1. The van der Waals surface area contributed by atoms with Crippen LogP contribution in [0.4, 0.5) is 4.39 Å². The number of halogens is 1. The summed E-state index contributed by atoms with van der Waals surface area (Å²) >= 11 is 0. The van der Waals surface area contributed by atoms with Crippen LogP contribution < -0.4 is 14.8 Å². The van der Waals surface area contributed by atoms with Gasteiger partial charge in [0.2, 0.25) is 17.7 Å². The molecule has 3 aromatic rings. The fraction of sp³-hybridized carbons (Fsp3) is 0.364. The Balaban J connectivity index is 1.40. The zero-order valence-corrected chi connectivity index (χ0v) is 16.4. The third-order valence-corrected chi connectivity index (χ3v) is 4.81. The highest BCUT2D eigenvalue weighted by atomic mass is 19.1. The molecular weight excluding hydrogens is 375 g/mol. The van der Waals surface area contributed by atoms with Gasteiger partial charge in [0.25, 0.3) is 0 Å². The van der Waals surface area contributed by atoms with E-state index in [4.69, 9.17) is 13.9 Å². The minimum Gasteiger partial charge on any atom is -0.489 e. The van der Waals surface area contributed by atoms with Crippen LogP contribution in [0.5, 0.6) is 11.6 Å². The van der Waals surface area contributed by atoms with Crippen molar-refractivity contribution in [1.29, 1.82) is 0 Å². The number of nitrogens with zero attached hydrogens (tertiary/aromatic N) is 1. The fourth-order valence-corrected chi connectivity index (χ4v) is 3.00. The molecule has 7 heteroatoms. The molecule has 1 amide bonds. The molecule has 0 saturated heterocycles. The number of aromatic nitrogens is 1. The molecule has 1 aliphatic carbocycles. The van der Waals surface area contributed by atoms with E-state index in [2.05, 4.69) is 10.3 Å². The highest BCUT2D eigenvalue weighted by Gasteiger charge is 2.22. The van der Waals surface area contributed by atoms with Crippen molar-refractivity contribution in [2.24, 2.45) is 5.92 Å². The average molecular weight is 398 g/mol. The van der Waals surface area contributed by atoms with Gasteiger partial charge in [-0.2, -0.15) is 9.37 Å². The monoisotopic (exact) mass is 398 g/mol. The van der Waals surface area contributed by atoms with Crippen molar-refractivity contribution >= 4 is 16.9 Å². The number of hydrogen-bond acceptors (Lipinski definition) is 5. The largest absolute Gasteiger partial charge is 0.489 e. The van der Waals surface area contributed by atoms with Crippen molar-refractivity contribution in [3.8, 4) is 11.6 Å². The van der Waals surface area contributed by atoms with Crippen LogP contribution >= 0.6 is 0 Å². The molecule has 29 heavy (non-hydrogen) atoms. The van der Waals surface area contributed by atoms with Gasteiger partial charge in [-0.15, -0.1) is 0 Å². The van der Waals surface area contributed by atoms with Gasteiger partial charge in [-0.1, -0.05) is 0 Å². The van der Waals surface area contributed by atoms with Crippen LogP contribution in [0.3, 0.4) is 0 Å².